The average Bonchev–Trinajstić information content (AvgIpc) is 2.59. The third kappa shape index (κ3) is 6.81. The SMILES string of the molecule is CCN(CCC(=O)OC)C(=O)CCCOc1cccc(C(C)=O)c1. The first-order chi connectivity index (χ1) is 11.5. The number of amides is 1. The predicted octanol–water partition coefficient (Wildman–Crippen LogP) is 2.46. The molecule has 0 radical (unpaired) electrons. The Labute approximate surface area is 142 Å². The molecule has 1 amide bonds. The van der Waals surface area contributed by atoms with Gasteiger partial charge in [0.1, 0.15) is 5.75 Å². The van der Waals surface area contributed by atoms with Crippen LogP contribution in [0.25, 0.3) is 0 Å². The highest BCUT2D eigenvalue weighted by Gasteiger charge is 2.13. The predicted molar refractivity (Wildman–Crippen MR) is 90.1 cm³/mol. The Morgan fingerprint density at radius 3 is 2.54 bits per heavy atom. The summed E-state index contributed by atoms with van der Waals surface area (Å²) in [6, 6.07) is 6.98. The summed E-state index contributed by atoms with van der Waals surface area (Å²) in [7, 11) is 1.33. The number of carbonyl (C=O) groups excluding carboxylic acids is 3. The fourth-order valence-electron chi connectivity index (χ4n) is 2.16. The van der Waals surface area contributed by atoms with E-state index in [4.69, 9.17) is 4.74 Å². The molecular formula is C18H25NO5. The lowest BCUT2D eigenvalue weighted by atomic mass is 10.1. The maximum atomic E-state index is 12.1. The lowest BCUT2D eigenvalue weighted by Gasteiger charge is -2.20. The van der Waals surface area contributed by atoms with E-state index in [1.54, 1.807) is 29.2 Å². The zero-order valence-corrected chi connectivity index (χ0v) is 14.5. The van der Waals surface area contributed by atoms with Crippen molar-refractivity contribution in [1.82, 2.24) is 4.90 Å². The Kier molecular flexibility index (Phi) is 8.54. The minimum Gasteiger partial charge on any atom is -0.494 e. The van der Waals surface area contributed by atoms with Crippen molar-refractivity contribution in [2.24, 2.45) is 0 Å². The van der Waals surface area contributed by atoms with Crippen LogP contribution in [0.1, 0.15) is 43.5 Å². The Morgan fingerprint density at radius 1 is 1.17 bits per heavy atom. The molecule has 1 aromatic carbocycles. The molecule has 0 heterocycles. The van der Waals surface area contributed by atoms with Crippen LogP contribution in [0.4, 0.5) is 0 Å². The molecular weight excluding hydrogens is 310 g/mol. The van der Waals surface area contributed by atoms with E-state index in [-0.39, 0.29) is 24.1 Å². The van der Waals surface area contributed by atoms with Crippen molar-refractivity contribution in [3.05, 3.63) is 29.8 Å². The quantitative estimate of drug-likeness (QED) is 0.373. The maximum absolute atomic E-state index is 12.1. The van der Waals surface area contributed by atoms with Gasteiger partial charge in [0.05, 0.1) is 20.1 Å². The third-order valence-electron chi connectivity index (χ3n) is 3.59. The monoisotopic (exact) mass is 335 g/mol. The second-order valence-electron chi connectivity index (χ2n) is 5.34. The Bertz CT molecular complexity index is 570. The molecule has 1 aromatic rings. The Balaban J connectivity index is 2.35. The number of nitrogens with zero attached hydrogens (tertiary/aromatic N) is 1. The van der Waals surface area contributed by atoms with E-state index in [1.807, 2.05) is 6.92 Å². The fourth-order valence-corrected chi connectivity index (χ4v) is 2.16. The third-order valence-corrected chi connectivity index (χ3v) is 3.59. The highest BCUT2D eigenvalue weighted by molar-refractivity contribution is 5.94. The van der Waals surface area contributed by atoms with E-state index in [0.29, 0.717) is 43.9 Å². The first-order valence-electron chi connectivity index (χ1n) is 8.06. The number of hydrogen-bond acceptors (Lipinski definition) is 5. The van der Waals surface area contributed by atoms with Gasteiger partial charge in [-0.2, -0.15) is 0 Å². The van der Waals surface area contributed by atoms with Crippen molar-refractivity contribution in [2.75, 3.05) is 26.8 Å². The molecule has 0 bridgehead atoms. The summed E-state index contributed by atoms with van der Waals surface area (Å²) in [5.74, 6) is 0.269. The average molecular weight is 335 g/mol. The summed E-state index contributed by atoms with van der Waals surface area (Å²) >= 11 is 0. The highest BCUT2D eigenvalue weighted by atomic mass is 16.5. The molecule has 6 heteroatoms. The van der Waals surface area contributed by atoms with Crippen LogP contribution in [0.2, 0.25) is 0 Å². The zero-order valence-electron chi connectivity index (χ0n) is 14.5. The first kappa shape index (κ1) is 19.7. The molecule has 0 N–H and O–H groups in total. The second kappa shape index (κ2) is 10.4. The van der Waals surface area contributed by atoms with Crippen LogP contribution in [-0.2, 0) is 14.3 Å². The molecule has 1 rings (SSSR count). The van der Waals surface area contributed by atoms with Gasteiger partial charge in [-0.3, -0.25) is 14.4 Å². The molecule has 0 aliphatic rings. The maximum Gasteiger partial charge on any atom is 0.307 e. The molecule has 0 saturated heterocycles. The lowest BCUT2D eigenvalue weighted by molar-refractivity contribution is -0.141. The number of rotatable bonds is 10. The number of ketones is 1. The molecule has 0 spiro atoms. The zero-order chi connectivity index (χ0) is 17.9. The molecule has 132 valence electrons. The number of ether oxygens (including phenoxy) is 2. The molecule has 6 nitrogen and oxygen atoms in total. The number of Topliss-reactive ketones (excluding diaryl/α,β-unsaturated/α-hetero) is 1. The minimum absolute atomic E-state index is 0.0116. The smallest absolute Gasteiger partial charge is 0.307 e. The molecule has 0 aliphatic carbocycles. The van der Waals surface area contributed by atoms with E-state index in [1.165, 1.54) is 14.0 Å². The first-order valence-corrected chi connectivity index (χ1v) is 8.06. The van der Waals surface area contributed by atoms with Crippen molar-refractivity contribution in [2.45, 2.75) is 33.1 Å². The van der Waals surface area contributed by atoms with Gasteiger partial charge in [0.2, 0.25) is 5.91 Å². The van der Waals surface area contributed by atoms with Crippen LogP contribution < -0.4 is 4.74 Å². The summed E-state index contributed by atoms with van der Waals surface area (Å²) in [5, 5.41) is 0. The van der Waals surface area contributed by atoms with E-state index in [0.717, 1.165) is 0 Å². The molecule has 0 aliphatic heterocycles. The topological polar surface area (TPSA) is 72.9 Å². The second-order valence-corrected chi connectivity index (χ2v) is 5.34. The minimum atomic E-state index is -0.324. The van der Waals surface area contributed by atoms with Crippen molar-refractivity contribution in [3.63, 3.8) is 0 Å². The van der Waals surface area contributed by atoms with Gasteiger partial charge in [0, 0.05) is 25.1 Å². The van der Waals surface area contributed by atoms with Crippen LogP contribution in [0.3, 0.4) is 0 Å². The fraction of sp³-hybridized carbons (Fsp3) is 0.500. The summed E-state index contributed by atoms with van der Waals surface area (Å²) in [6.07, 6.45) is 1.11. The molecule has 0 fully saturated rings. The largest absolute Gasteiger partial charge is 0.494 e. The molecule has 0 aromatic heterocycles. The Hall–Kier alpha value is -2.37. The number of methoxy groups -OCH3 is 1. The summed E-state index contributed by atoms with van der Waals surface area (Å²) in [5.41, 5.74) is 0.601. The molecule has 24 heavy (non-hydrogen) atoms. The van der Waals surface area contributed by atoms with Gasteiger partial charge in [-0.15, -0.1) is 0 Å². The molecule has 0 unspecified atom stereocenters. The van der Waals surface area contributed by atoms with Crippen LogP contribution in [0.15, 0.2) is 24.3 Å². The van der Waals surface area contributed by atoms with Crippen LogP contribution in [0, 0.1) is 0 Å². The van der Waals surface area contributed by atoms with Gasteiger partial charge >= 0.3 is 5.97 Å². The van der Waals surface area contributed by atoms with Gasteiger partial charge in [-0.05, 0) is 32.4 Å². The van der Waals surface area contributed by atoms with Gasteiger partial charge < -0.3 is 14.4 Å². The molecule has 0 atom stereocenters. The number of hydrogen-bond donors (Lipinski definition) is 0. The number of esters is 1. The van der Waals surface area contributed by atoms with Crippen molar-refractivity contribution in [3.8, 4) is 5.75 Å². The normalized spacial score (nSPS) is 10.1. The highest BCUT2D eigenvalue weighted by Crippen LogP contribution is 2.14. The van der Waals surface area contributed by atoms with E-state index in [2.05, 4.69) is 4.74 Å². The number of benzene rings is 1. The van der Waals surface area contributed by atoms with Gasteiger partial charge in [0.25, 0.3) is 0 Å². The number of carbonyl (C=O) groups is 3. The van der Waals surface area contributed by atoms with E-state index in [9.17, 15) is 14.4 Å². The molecule has 0 saturated carbocycles. The van der Waals surface area contributed by atoms with E-state index < -0.39 is 0 Å². The van der Waals surface area contributed by atoms with Gasteiger partial charge in [-0.1, -0.05) is 12.1 Å². The summed E-state index contributed by atoms with van der Waals surface area (Å²) < 4.78 is 10.2. The van der Waals surface area contributed by atoms with Crippen molar-refractivity contribution in [1.29, 1.82) is 0 Å². The summed E-state index contributed by atoms with van der Waals surface area (Å²) in [4.78, 5) is 36.2. The van der Waals surface area contributed by atoms with Crippen LogP contribution in [0.5, 0.6) is 5.75 Å². The Morgan fingerprint density at radius 2 is 1.92 bits per heavy atom. The van der Waals surface area contributed by atoms with Crippen molar-refractivity contribution < 1.29 is 23.9 Å². The lowest BCUT2D eigenvalue weighted by Crippen LogP contribution is -2.33. The van der Waals surface area contributed by atoms with Crippen LogP contribution in [-0.4, -0.2) is 49.4 Å². The summed E-state index contributed by atoms with van der Waals surface area (Å²) in [6.45, 7) is 4.69. The van der Waals surface area contributed by atoms with Crippen LogP contribution >= 0.6 is 0 Å². The van der Waals surface area contributed by atoms with E-state index >= 15 is 0 Å². The van der Waals surface area contributed by atoms with Crippen molar-refractivity contribution >= 4 is 17.7 Å². The van der Waals surface area contributed by atoms with Gasteiger partial charge in [0.15, 0.2) is 5.78 Å². The standard InChI is InChI=1S/C18H25NO5/c1-4-19(11-10-18(22)23-3)17(21)9-6-12-24-16-8-5-7-15(13-16)14(2)20/h5,7-8,13H,4,6,9-12H2,1-3H3. The van der Waals surface area contributed by atoms with Gasteiger partial charge in [-0.25, -0.2) is 0 Å².